The summed E-state index contributed by atoms with van der Waals surface area (Å²) in [6, 6.07) is 7.00. The molecule has 6 heteroatoms. The molecule has 6 nitrogen and oxygen atoms in total. The third-order valence-electron chi connectivity index (χ3n) is 4.24. The minimum Gasteiger partial charge on any atom is -0.495 e. The van der Waals surface area contributed by atoms with Crippen LogP contribution in [0, 0.1) is 0 Å². The van der Waals surface area contributed by atoms with Gasteiger partial charge in [-0.3, -0.25) is 4.79 Å². The third-order valence-corrected chi connectivity index (χ3v) is 4.24. The summed E-state index contributed by atoms with van der Waals surface area (Å²) in [7, 11) is 1.62. The average Bonchev–Trinajstić information content (AvgIpc) is 3.15. The van der Waals surface area contributed by atoms with Crippen molar-refractivity contribution in [1.82, 2.24) is 0 Å². The molecule has 0 radical (unpaired) electrons. The topological polar surface area (TPSA) is 69.0 Å². The van der Waals surface area contributed by atoms with Gasteiger partial charge >= 0.3 is 5.97 Å². The highest BCUT2D eigenvalue weighted by Crippen LogP contribution is 2.34. The predicted octanol–water partition coefficient (Wildman–Crippen LogP) is 3.09. The summed E-state index contributed by atoms with van der Waals surface area (Å²) >= 11 is 0. The zero-order valence-corrected chi connectivity index (χ0v) is 14.4. The van der Waals surface area contributed by atoms with E-state index in [1.165, 1.54) is 18.9 Å². The van der Waals surface area contributed by atoms with Crippen LogP contribution in [0.2, 0.25) is 0 Å². The van der Waals surface area contributed by atoms with Crippen molar-refractivity contribution in [2.45, 2.75) is 19.8 Å². The highest BCUT2D eigenvalue weighted by atomic mass is 16.5. The second kappa shape index (κ2) is 7.42. The fourth-order valence-corrected chi connectivity index (χ4v) is 2.97. The summed E-state index contributed by atoms with van der Waals surface area (Å²) in [6.45, 7) is 3.91. The number of anilines is 1. The third kappa shape index (κ3) is 3.52. The summed E-state index contributed by atoms with van der Waals surface area (Å²) in [5.41, 5.74) is 1.22. The van der Waals surface area contributed by atoms with Gasteiger partial charge in [-0.25, -0.2) is 4.79 Å². The largest absolute Gasteiger partial charge is 0.495 e. The van der Waals surface area contributed by atoms with E-state index in [2.05, 4.69) is 4.90 Å². The predicted molar refractivity (Wildman–Crippen MR) is 94.4 cm³/mol. The first-order valence-electron chi connectivity index (χ1n) is 8.37. The Balaban J connectivity index is 1.92. The number of benzene rings is 1. The molecular formula is C19H21NO5. The Kier molecular flexibility index (Phi) is 5.07. The molecule has 2 aromatic rings. The molecule has 0 spiro atoms. The molecule has 132 valence electrons. The van der Waals surface area contributed by atoms with Crippen LogP contribution in [0.3, 0.4) is 0 Å². The fourth-order valence-electron chi connectivity index (χ4n) is 2.97. The summed E-state index contributed by atoms with van der Waals surface area (Å²) in [5.74, 6) is 0.436. The Bertz CT molecular complexity index is 821. The maximum Gasteiger partial charge on any atom is 0.345 e. The van der Waals surface area contributed by atoms with Gasteiger partial charge in [0.05, 0.1) is 19.4 Å². The van der Waals surface area contributed by atoms with Gasteiger partial charge in [-0.2, -0.15) is 0 Å². The van der Waals surface area contributed by atoms with E-state index in [1.54, 1.807) is 14.0 Å². The maximum absolute atomic E-state index is 12.2. The van der Waals surface area contributed by atoms with E-state index < -0.39 is 11.4 Å². The fraction of sp³-hybridized carbons (Fsp3) is 0.368. The average molecular weight is 343 g/mol. The smallest absolute Gasteiger partial charge is 0.345 e. The van der Waals surface area contributed by atoms with E-state index in [0.29, 0.717) is 11.3 Å². The number of hydrogen-bond donors (Lipinski definition) is 0. The lowest BCUT2D eigenvalue weighted by Gasteiger charge is -2.21. The number of esters is 1. The summed E-state index contributed by atoms with van der Waals surface area (Å²) in [4.78, 5) is 26.1. The molecule has 25 heavy (non-hydrogen) atoms. The zero-order valence-electron chi connectivity index (χ0n) is 14.4. The molecule has 1 aromatic carbocycles. The molecule has 1 aliphatic rings. The van der Waals surface area contributed by atoms with Crippen LogP contribution in [-0.2, 0) is 4.74 Å². The van der Waals surface area contributed by atoms with E-state index in [0.717, 1.165) is 30.8 Å². The van der Waals surface area contributed by atoms with E-state index >= 15 is 0 Å². The van der Waals surface area contributed by atoms with Gasteiger partial charge in [0.2, 0.25) is 0 Å². The molecule has 0 unspecified atom stereocenters. The summed E-state index contributed by atoms with van der Waals surface area (Å²) in [5, 5.41) is 0. The number of ether oxygens (including phenoxy) is 2. The van der Waals surface area contributed by atoms with Gasteiger partial charge in [0.1, 0.15) is 23.3 Å². The Morgan fingerprint density at radius 2 is 2.00 bits per heavy atom. The number of methoxy groups -OCH3 is 1. The molecule has 0 bridgehead atoms. The molecule has 1 saturated heterocycles. The quantitative estimate of drug-likeness (QED) is 0.777. The monoisotopic (exact) mass is 343 g/mol. The highest BCUT2D eigenvalue weighted by molar-refractivity contribution is 5.89. The number of nitrogens with zero attached hydrogens (tertiary/aromatic N) is 1. The van der Waals surface area contributed by atoms with Gasteiger partial charge in [0, 0.05) is 24.7 Å². The van der Waals surface area contributed by atoms with Crippen molar-refractivity contribution in [3.05, 3.63) is 46.3 Å². The van der Waals surface area contributed by atoms with Crippen molar-refractivity contribution in [1.29, 1.82) is 0 Å². The Hall–Kier alpha value is -2.76. The molecule has 1 aliphatic heterocycles. The molecule has 0 amide bonds. The van der Waals surface area contributed by atoms with Crippen molar-refractivity contribution >= 4 is 11.7 Å². The van der Waals surface area contributed by atoms with Gasteiger partial charge in [-0.05, 0) is 38.0 Å². The van der Waals surface area contributed by atoms with Gasteiger partial charge < -0.3 is 18.8 Å². The first-order chi connectivity index (χ1) is 12.1. The van der Waals surface area contributed by atoms with E-state index in [9.17, 15) is 9.59 Å². The highest BCUT2D eigenvalue weighted by Gasteiger charge is 2.18. The van der Waals surface area contributed by atoms with Crippen LogP contribution >= 0.6 is 0 Å². The van der Waals surface area contributed by atoms with Crippen LogP contribution in [0.5, 0.6) is 5.75 Å². The lowest BCUT2D eigenvalue weighted by molar-refractivity contribution is 0.0522. The summed E-state index contributed by atoms with van der Waals surface area (Å²) in [6.07, 6.45) is 3.50. The van der Waals surface area contributed by atoms with Crippen LogP contribution in [0.15, 0.2) is 39.7 Å². The van der Waals surface area contributed by atoms with Crippen LogP contribution in [-0.4, -0.2) is 32.8 Å². The Labute approximate surface area is 146 Å². The minimum atomic E-state index is -0.676. The van der Waals surface area contributed by atoms with E-state index in [-0.39, 0.29) is 12.2 Å². The second-order valence-electron chi connectivity index (χ2n) is 5.82. The number of hydrogen-bond acceptors (Lipinski definition) is 6. The number of rotatable bonds is 5. The number of carbonyl (C=O) groups is 1. The van der Waals surface area contributed by atoms with Crippen LogP contribution in [0.25, 0.3) is 11.3 Å². The molecule has 0 atom stereocenters. The molecule has 0 N–H and O–H groups in total. The molecule has 0 saturated carbocycles. The standard InChI is InChI=1S/C19H21NO5/c1-3-24-19(22)14-12-25-17(11-16(14)21)13-6-7-15(18(10-13)23-2)20-8-4-5-9-20/h6-7,10-12H,3-5,8-9H2,1-2H3. The Morgan fingerprint density at radius 3 is 2.64 bits per heavy atom. The van der Waals surface area contributed by atoms with Crippen molar-refractivity contribution in [3.8, 4) is 17.1 Å². The SMILES string of the molecule is CCOC(=O)c1coc(-c2ccc(N3CCCC3)c(OC)c2)cc1=O. The van der Waals surface area contributed by atoms with Crippen molar-refractivity contribution in [2.75, 3.05) is 31.7 Å². The van der Waals surface area contributed by atoms with E-state index in [4.69, 9.17) is 13.9 Å². The summed E-state index contributed by atoms with van der Waals surface area (Å²) < 4.78 is 15.8. The van der Waals surface area contributed by atoms with E-state index in [1.807, 2.05) is 18.2 Å². The number of carbonyl (C=O) groups excluding carboxylic acids is 1. The van der Waals surface area contributed by atoms with Crippen molar-refractivity contribution in [2.24, 2.45) is 0 Å². The lowest BCUT2D eigenvalue weighted by atomic mass is 10.1. The molecule has 1 aromatic heterocycles. The normalized spacial score (nSPS) is 13.8. The lowest BCUT2D eigenvalue weighted by Crippen LogP contribution is -2.18. The van der Waals surface area contributed by atoms with Crippen molar-refractivity contribution in [3.63, 3.8) is 0 Å². The minimum absolute atomic E-state index is 0.105. The van der Waals surface area contributed by atoms with Crippen LogP contribution in [0.4, 0.5) is 5.69 Å². The first kappa shape index (κ1) is 17.1. The second-order valence-corrected chi connectivity index (χ2v) is 5.82. The molecule has 2 heterocycles. The van der Waals surface area contributed by atoms with Crippen LogP contribution < -0.4 is 15.1 Å². The maximum atomic E-state index is 12.2. The molecule has 3 rings (SSSR count). The molecule has 0 aliphatic carbocycles. The molecule has 1 fully saturated rings. The van der Waals surface area contributed by atoms with Crippen LogP contribution in [0.1, 0.15) is 30.1 Å². The van der Waals surface area contributed by atoms with Gasteiger partial charge in [-0.15, -0.1) is 0 Å². The van der Waals surface area contributed by atoms with Gasteiger partial charge in [-0.1, -0.05) is 0 Å². The van der Waals surface area contributed by atoms with Gasteiger partial charge in [0.25, 0.3) is 0 Å². The van der Waals surface area contributed by atoms with Crippen molar-refractivity contribution < 1.29 is 18.7 Å². The first-order valence-corrected chi connectivity index (χ1v) is 8.37. The Morgan fingerprint density at radius 1 is 1.24 bits per heavy atom. The van der Waals surface area contributed by atoms with Gasteiger partial charge in [0.15, 0.2) is 5.43 Å². The zero-order chi connectivity index (χ0) is 17.8. The molecular weight excluding hydrogens is 322 g/mol.